The molecule has 0 bridgehead atoms. The number of amides is 1. The molecule has 0 unspecified atom stereocenters. The summed E-state index contributed by atoms with van der Waals surface area (Å²) in [6, 6.07) is 3.45. The van der Waals surface area contributed by atoms with Gasteiger partial charge in [0.2, 0.25) is 11.8 Å². The third-order valence-corrected chi connectivity index (χ3v) is 4.63. The number of nitrogens with zero attached hydrogens (tertiary/aromatic N) is 3. The molecule has 0 saturated carbocycles. The van der Waals surface area contributed by atoms with E-state index >= 15 is 0 Å². The molecular weight excluding hydrogens is 388 g/mol. The van der Waals surface area contributed by atoms with E-state index in [-0.39, 0.29) is 17.7 Å². The van der Waals surface area contributed by atoms with E-state index in [1.54, 1.807) is 17.0 Å². The highest BCUT2D eigenvalue weighted by Gasteiger charge is 2.28. The van der Waals surface area contributed by atoms with Gasteiger partial charge in [-0.2, -0.15) is 4.98 Å². The minimum absolute atomic E-state index is 0.110. The summed E-state index contributed by atoms with van der Waals surface area (Å²) in [5, 5.41) is 3.38. The molecule has 2 aliphatic heterocycles. The molecule has 1 fully saturated rings. The molecule has 0 aliphatic carbocycles. The molecule has 28 heavy (non-hydrogen) atoms. The first-order chi connectivity index (χ1) is 13.7. The van der Waals surface area contributed by atoms with Gasteiger partial charge < -0.3 is 29.2 Å². The van der Waals surface area contributed by atoms with E-state index in [4.69, 9.17) is 30.5 Å². The van der Waals surface area contributed by atoms with Crippen molar-refractivity contribution in [2.45, 2.75) is 0 Å². The quantitative estimate of drug-likeness (QED) is 0.825. The van der Waals surface area contributed by atoms with Gasteiger partial charge in [0.1, 0.15) is 18.2 Å². The lowest BCUT2D eigenvalue weighted by Crippen LogP contribution is -2.41. The van der Waals surface area contributed by atoms with Crippen LogP contribution in [0.2, 0.25) is 5.02 Å². The number of carbonyl (C=O) groups is 1. The number of halogens is 1. The number of morpholine rings is 1. The maximum atomic E-state index is 12.9. The number of hydrogen-bond donors (Lipinski definition) is 1. The molecule has 10 heteroatoms. The average Bonchev–Trinajstić information content (AvgIpc) is 2.75. The van der Waals surface area contributed by atoms with E-state index in [0.717, 1.165) is 0 Å². The largest absolute Gasteiger partial charge is 0.485 e. The molecule has 1 aromatic carbocycles. The highest BCUT2D eigenvalue weighted by Crippen LogP contribution is 2.42. The number of anilines is 2. The fraction of sp³-hybridized carbons (Fsp3) is 0.389. The molecule has 9 nitrogen and oxygen atoms in total. The maximum Gasteiger partial charge on any atom is 0.257 e. The number of nitrogens with one attached hydrogen (secondary N) is 1. The van der Waals surface area contributed by atoms with Crippen LogP contribution in [0.4, 0.5) is 11.6 Å². The number of methoxy groups -OCH3 is 1. The monoisotopic (exact) mass is 406 g/mol. The van der Waals surface area contributed by atoms with Crippen molar-refractivity contribution in [1.29, 1.82) is 0 Å². The molecule has 2 aliphatic rings. The Hall–Kier alpha value is -2.78. The first-order valence-electron chi connectivity index (χ1n) is 8.80. The Morgan fingerprint density at radius 1 is 1.18 bits per heavy atom. The molecule has 1 saturated heterocycles. The number of rotatable bonds is 4. The lowest BCUT2D eigenvalue weighted by molar-refractivity contribution is 0.0298. The van der Waals surface area contributed by atoms with Crippen LogP contribution in [0.3, 0.4) is 0 Å². The lowest BCUT2D eigenvalue weighted by Gasteiger charge is -2.29. The topological polar surface area (TPSA) is 95.0 Å². The summed E-state index contributed by atoms with van der Waals surface area (Å²) in [4.78, 5) is 23.0. The van der Waals surface area contributed by atoms with Crippen molar-refractivity contribution in [2.75, 3.05) is 51.9 Å². The lowest BCUT2D eigenvalue weighted by atomic mass is 10.1. The van der Waals surface area contributed by atoms with Crippen molar-refractivity contribution < 1.29 is 23.7 Å². The zero-order chi connectivity index (χ0) is 19.5. The van der Waals surface area contributed by atoms with Gasteiger partial charge in [-0.3, -0.25) is 4.79 Å². The van der Waals surface area contributed by atoms with Gasteiger partial charge in [0.05, 0.1) is 37.8 Å². The highest BCUT2D eigenvalue weighted by molar-refractivity contribution is 6.31. The van der Waals surface area contributed by atoms with Gasteiger partial charge in [-0.25, -0.2) is 4.98 Å². The number of aromatic nitrogens is 2. The zero-order valence-electron chi connectivity index (χ0n) is 15.2. The average molecular weight is 407 g/mol. The van der Waals surface area contributed by atoms with Gasteiger partial charge in [-0.15, -0.1) is 0 Å². The summed E-state index contributed by atoms with van der Waals surface area (Å²) in [7, 11) is 1.48. The van der Waals surface area contributed by atoms with Gasteiger partial charge >= 0.3 is 0 Å². The van der Waals surface area contributed by atoms with Crippen LogP contribution in [-0.4, -0.2) is 67.4 Å². The summed E-state index contributed by atoms with van der Waals surface area (Å²) < 4.78 is 22.0. The molecule has 0 spiro atoms. The van der Waals surface area contributed by atoms with Crippen molar-refractivity contribution in [2.24, 2.45) is 0 Å². The van der Waals surface area contributed by atoms with E-state index in [2.05, 4.69) is 15.3 Å². The summed E-state index contributed by atoms with van der Waals surface area (Å²) in [5.41, 5.74) is 1.04. The van der Waals surface area contributed by atoms with Crippen LogP contribution < -0.4 is 19.5 Å². The van der Waals surface area contributed by atoms with Crippen LogP contribution in [0.5, 0.6) is 17.4 Å². The van der Waals surface area contributed by atoms with Gasteiger partial charge in [0.25, 0.3) is 5.91 Å². The van der Waals surface area contributed by atoms with Crippen molar-refractivity contribution in [3.63, 3.8) is 0 Å². The summed E-state index contributed by atoms with van der Waals surface area (Å²) in [5.74, 6) is 1.28. The summed E-state index contributed by atoms with van der Waals surface area (Å²) >= 11 is 5.97. The molecule has 1 amide bonds. The van der Waals surface area contributed by atoms with Gasteiger partial charge in [0, 0.05) is 13.1 Å². The predicted molar refractivity (Wildman–Crippen MR) is 101 cm³/mol. The van der Waals surface area contributed by atoms with Crippen molar-refractivity contribution in [3.05, 3.63) is 28.9 Å². The molecule has 148 valence electrons. The molecule has 4 rings (SSSR count). The van der Waals surface area contributed by atoms with E-state index in [1.165, 1.54) is 13.3 Å². The Morgan fingerprint density at radius 2 is 1.93 bits per heavy atom. The van der Waals surface area contributed by atoms with Gasteiger partial charge in [-0.05, 0) is 12.1 Å². The number of carbonyl (C=O) groups excluding carboxylic acids is 1. The van der Waals surface area contributed by atoms with Crippen LogP contribution in [0.25, 0.3) is 0 Å². The molecule has 3 heterocycles. The normalized spacial score (nSPS) is 15.9. The zero-order valence-corrected chi connectivity index (χ0v) is 16.0. The van der Waals surface area contributed by atoms with Crippen LogP contribution in [0.1, 0.15) is 10.4 Å². The Bertz CT molecular complexity index is 889. The van der Waals surface area contributed by atoms with Crippen LogP contribution in [0.15, 0.2) is 18.3 Å². The van der Waals surface area contributed by atoms with Crippen molar-refractivity contribution in [1.82, 2.24) is 14.9 Å². The Labute approximate surface area is 166 Å². The fourth-order valence-corrected chi connectivity index (χ4v) is 3.18. The third kappa shape index (κ3) is 3.63. The first kappa shape index (κ1) is 18.6. The van der Waals surface area contributed by atoms with Crippen molar-refractivity contribution in [3.8, 4) is 17.4 Å². The molecular formula is C18H19ClN4O5. The standard InChI is InChI=1S/C18H19ClN4O5/c1-25-16-12(19)10-20-18(22-16)21-13-3-2-11(14-15(13)28-9-8-27-14)17(24)23-4-6-26-7-5-23/h2-3,10H,4-9H2,1H3,(H,20,21,22). The predicted octanol–water partition coefficient (Wildman–Crippen LogP) is 2.13. The molecule has 1 N–H and O–H groups in total. The molecule has 2 aromatic rings. The molecule has 0 atom stereocenters. The second-order valence-electron chi connectivity index (χ2n) is 6.10. The fourth-order valence-electron chi connectivity index (χ4n) is 3.02. The maximum absolute atomic E-state index is 12.9. The van der Waals surface area contributed by atoms with Crippen LogP contribution in [0, 0.1) is 0 Å². The number of ether oxygens (including phenoxy) is 4. The Morgan fingerprint density at radius 3 is 2.68 bits per heavy atom. The van der Waals surface area contributed by atoms with Crippen LogP contribution in [-0.2, 0) is 4.74 Å². The first-order valence-corrected chi connectivity index (χ1v) is 9.18. The number of hydrogen-bond acceptors (Lipinski definition) is 8. The summed E-state index contributed by atoms with van der Waals surface area (Å²) in [6.45, 7) is 2.90. The number of fused-ring (bicyclic) bond motifs is 1. The highest BCUT2D eigenvalue weighted by atomic mass is 35.5. The van der Waals surface area contributed by atoms with Crippen molar-refractivity contribution >= 4 is 29.1 Å². The Kier molecular flexibility index (Phi) is 5.36. The molecule has 0 radical (unpaired) electrons. The summed E-state index contributed by atoms with van der Waals surface area (Å²) in [6.07, 6.45) is 1.44. The van der Waals surface area contributed by atoms with E-state index in [1.807, 2.05) is 0 Å². The van der Waals surface area contributed by atoms with E-state index in [0.29, 0.717) is 67.3 Å². The van der Waals surface area contributed by atoms with E-state index < -0.39 is 0 Å². The minimum Gasteiger partial charge on any atom is -0.485 e. The second kappa shape index (κ2) is 8.07. The van der Waals surface area contributed by atoms with Crippen LogP contribution >= 0.6 is 11.6 Å². The van der Waals surface area contributed by atoms with Gasteiger partial charge in [0.15, 0.2) is 11.5 Å². The molecule has 1 aromatic heterocycles. The van der Waals surface area contributed by atoms with Gasteiger partial charge in [-0.1, -0.05) is 11.6 Å². The Balaban J connectivity index is 1.65. The number of benzene rings is 1. The SMILES string of the molecule is COc1nc(Nc2ccc(C(=O)N3CCOCC3)c3c2OCCO3)ncc1Cl. The van der Waals surface area contributed by atoms with E-state index in [9.17, 15) is 4.79 Å². The third-order valence-electron chi connectivity index (χ3n) is 4.37. The smallest absolute Gasteiger partial charge is 0.257 e. The second-order valence-corrected chi connectivity index (χ2v) is 6.50. The minimum atomic E-state index is -0.110.